The number of anilines is 1. The third-order valence-corrected chi connectivity index (χ3v) is 4.00. The van der Waals surface area contributed by atoms with Crippen molar-refractivity contribution in [1.82, 2.24) is 0 Å². The first-order chi connectivity index (χ1) is 8.97. The van der Waals surface area contributed by atoms with Crippen LogP contribution in [-0.2, 0) is 6.54 Å². The quantitative estimate of drug-likeness (QED) is 0.810. The Balaban J connectivity index is 2.16. The van der Waals surface area contributed by atoms with Crippen molar-refractivity contribution < 1.29 is 0 Å². The molecule has 1 N–H and O–H groups in total. The molecule has 2 aromatic carbocycles. The first-order valence-electron chi connectivity index (χ1n) is 6.54. The molecule has 0 radical (unpaired) electrons. The summed E-state index contributed by atoms with van der Waals surface area (Å²) in [5.41, 5.74) is 7.81. The second kappa shape index (κ2) is 5.79. The van der Waals surface area contributed by atoms with E-state index in [-0.39, 0.29) is 0 Å². The molecule has 0 aliphatic carbocycles. The molecule has 0 heterocycles. The van der Waals surface area contributed by atoms with E-state index < -0.39 is 0 Å². The minimum Gasteiger partial charge on any atom is -0.381 e. The van der Waals surface area contributed by atoms with Gasteiger partial charge in [0, 0.05) is 16.7 Å². The monoisotopic (exact) mass is 317 g/mol. The van der Waals surface area contributed by atoms with Crippen LogP contribution in [0.25, 0.3) is 0 Å². The highest BCUT2D eigenvalue weighted by atomic mass is 79.9. The van der Waals surface area contributed by atoms with Crippen molar-refractivity contribution in [2.24, 2.45) is 0 Å². The summed E-state index contributed by atoms with van der Waals surface area (Å²) in [5, 5.41) is 3.55. The van der Waals surface area contributed by atoms with Crippen molar-refractivity contribution in [3.8, 4) is 0 Å². The van der Waals surface area contributed by atoms with E-state index in [9.17, 15) is 0 Å². The molecule has 19 heavy (non-hydrogen) atoms. The predicted octanol–water partition coefficient (Wildman–Crippen LogP) is 5.29. The molecule has 2 aromatic rings. The van der Waals surface area contributed by atoms with Crippen LogP contribution < -0.4 is 5.32 Å². The molecule has 0 spiro atoms. The predicted molar refractivity (Wildman–Crippen MR) is 86.9 cm³/mol. The normalized spacial score (nSPS) is 10.6. The lowest BCUT2D eigenvalue weighted by Crippen LogP contribution is -2.03. The van der Waals surface area contributed by atoms with Crippen LogP contribution in [0.4, 0.5) is 5.69 Å². The molecule has 1 nitrogen and oxygen atoms in total. The van der Waals surface area contributed by atoms with Gasteiger partial charge in [-0.15, -0.1) is 0 Å². The Morgan fingerprint density at radius 2 is 1.47 bits per heavy atom. The van der Waals surface area contributed by atoms with Gasteiger partial charge in [-0.25, -0.2) is 0 Å². The third kappa shape index (κ3) is 3.38. The number of rotatable bonds is 3. The van der Waals surface area contributed by atoms with E-state index in [1.165, 1.54) is 33.5 Å². The van der Waals surface area contributed by atoms with Gasteiger partial charge in [0.1, 0.15) is 0 Å². The molecule has 0 amide bonds. The van der Waals surface area contributed by atoms with Crippen LogP contribution in [0.2, 0.25) is 0 Å². The summed E-state index contributed by atoms with van der Waals surface area (Å²) in [7, 11) is 0. The molecule has 0 unspecified atom stereocenters. The second-order valence-corrected chi connectivity index (χ2v) is 6.10. The van der Waals surface area contributed by atoms with E-state index in [0.717, 1.165) is 11.0 Å². The lowest BCUT2D eigenvalue weighted by molar-refractivity contribution is 1.11. The topological polar surface area (TPSA) is 12.0 Å². The van der Waals surface area contributed by atoms with Crippen LogP contribution in [0.3, 0.4) is 0 Å². The van der Waals surface area contributed by atoms with Gasteiger partial charge < -0.3 is 5.32 Å². The molecule has 0 aliphatic heterocycles. The Morgan fingerprint density at radius 1 is 0.842 bits per heavy atom. The standard InChI is InChI=1S/C17H20BrN/c1-11-5-6-15(7-12(11)2)10-19-17-13(3)8-16(18)9-14(17)4/h5-9,19H,10H2,1-4H3. The molecule has 0 saturated heterocycles. The Kier molecular flexibility index (Phi) is 4.31. The molecule has 0 aliphatic rings. The average Bonchev–Trinajstić information content (AvgIpc) is 2.32. The average molecular weight is 318 g/mol. The first kappa shape index (κ1) is 14.1. The summed E-state index contributed by atoms with van der Waals surface area (Å²) in [4.78, 5) is 0. The van der Waals surface area contributed by atoms with Crippen molar-refractivity contribution >= 4 is 21.6 Å². The highest BCUT2D eigenvalue weighted by Crippen LogP contribution is 2.25. The largest absolute Gasteiger partial charge is 0.381 e. The van der Waals surface area contributed by atoms with E-state index in [4.69, 9.17) is 0 Å². The fraction of sp³-hybridized carbons (Fsp3) is 0.294. The van der Waals surface area contributed by atoms with Gasteiger partial charge in [0.15, 0.2) is 0 Å². The molecule has 0 bridgehead atoms. The fourth-order valence-electron chi connectivity index (χ4n) is 2.29. The van der Waals surface area contributed by atoms with Crippen molar-refractivity contribution in [3.63, 3.8) is 0 Å². The van der Waals surface area contributed by atoms with Crippen LogP contribution >= 0.6 is 15.9 Å². The summed E-state index contributed by atoms with van der Waals surface area (Å²) in [6.45, 7) is 9.45. The number of nitrogens with one attached hydrogen (secondary N) is 1. The molecule has 100 valence electrons. The lowest BCUT2D eigenvalue weighted by Gasteiger charge is -2.14. The third-order valence-electron chi connectivity index (χ3n) is 3.54. The summed E-state index contributed by atoms with van der Waals surface area (Å²) < 4.78 is 1.14. The van der Waals surface area contributed by atoms with Gasteiger partial charge in [0.25, 0.3) is 0 Å². The Bertz CT molecular complexity index is 579. The smallest absolute Gasteiger partial charge is 0.0403 e. The molecule has 0 saturated carbocycles. The molecule has 2 heteroatoms. The highest BCUT2D eigenvalue weighted by molar-refractivity contribution is 9.10. The van der Waals surface area contributed by atoms with Crippen molar-refractivity contribution in [3.05, 3.63) is 62.6 Å². The minimum absolute atomic E-state index is 0.866. The van der Waals surface area contributed by atoms with Crippen LogP contribution in [0.15, 0.2) is 34.8 Å². The van der Waals surface area contributed by atoms with Crippen molar-refractivity contribution in [2.45, 2.75) is 34.2 Å². The molecular formula is C17H20BrN. The zero-order chi connectivity index (χ0) is 14.0. The number of hydrogen-bond donors (Lipinski definition) is 1. The van der Waals surface area contributed by atoms with E-state index >= 15 is 0 Å². The Morgan fingerprint density at radius 3 is 2.05 bits per heavy atom. The molecule has 2 rings (SSSR count). The second-order valence-electron chi connectivity index (χ2n) is 5.19. The van der Waals surface area contributed by atoms with Crippen LogP contribution in [0.1, 0.15) is 27.8 Å². The number of aryl methyl sites for hydroxylation is 4. The zero-order valence-corrected chi connectivity index (χ0v) is 13.6. The highest BCUT2D eigenvalue weighted by Gasteiger charge is 2.04. The number of halogens is 1. The summed E-state index contributed by atoms with van der Waals surface area (Å²) >= 11 is 3.53. The molecular weight excluding hydrogens is 298 g/mol. The van der Waals surface area contributed by atoms with Gasteiger partial charge >= 0.3 is 0 Å². The van der Waals surface area contributed by atoms with E-state index in [1.54, 1.807) is 0 Å². The molecule has 0 fully saturated rings. The molecule has 0 atom stereocenters. The molecule has 0 aromatic heterocycles. The maximum absolute atomic E-state index is 3.55. The summed E-state index contributed by atoms with van der Waals surface area (Å²) in [6.07, 6.45) is 0. The zero-order valence-electron chi connectivity index (χ0n) is 12.0. The van der Waals surface area contributed by atoms with Crippen molar-refractivity contribution in [1.29, 1.82) is 0 Å². The Hall–Kier alpha value is -1.28. The van der Waals surface area contributed by atoms with Gasteiger partial charge in [0.05, 0.1) is 0 Å². The SMILES string of the molecule is Cc1ccc(CNc2c(C)cc(Br)cc2C)cc1C. The van der Waals surface area contributed by atoms with E-state index in [0.29, 0.717) is 0 Å². The number of hydrogen-bond acceptors (Lipinski definition) is 1. The fourth-order valence-corrected chi connectivity index (χ4v) is 2.98. The lowest BCUT2D eigenvalue weighted by atomic mass is 10.1. The number of benzene rings is 2. The van der Waals surface area contributed by atoms with Gasteiger partial charge in [-0.05, 0) is 67.6 Å². The maximum atomic E-state index is 3.55. The Labute approximate surface area is 124 Å². The summed E-state index contributed by atoms with van der Waals surface area (Å²) in [6, 6.07) is 10.9. The van der Waals surface area contributed by atoms with E-state index in [1.807, 2.05) is 0 Å². The van der Waals surface area contributed by atoms with Crippen LogP contribution in [0.5, 0.6) is 0 Å². The van der Waals surface area contributed by atoms with Crippen LogP contribution in [0, 0.1) is 27.7 Å². The van der Waals surface area contributed by atoms with Gasteiger partial charge in [-0.2, -0.15) is 0 Å². The van der Waals surface area contributed by atoms with Crippen molar-refractivity contribution in [2.75, 3.05) is 5.32 Å². The van der Waals surface area contributed by atoms with Crippen LogP contribution in [-0.4, -0.2) is 0 Å². The van der Waals surface area contributed by atoms with Gasteiger partial charge in [0.2, 0.25) is 0 Å². The van der Waals surface area contributed by atoms with E-state index in [2.05, 4.69) is 79.3 Å². The first-order valence-corrected chi connectivity index (χ1v) is 7.33. The minimum atomic E-state index is 0.866. The summed E-state index contributed by atoms with van der Waals surface area (Å²) in [5.74, 6) is 0. The maximum Gasteiger partial charge on any atom is 0.0403 e. The van der Waals surface area contributed by atoms with Gasteiger partial charge in [-0.1, -0.05) is 34.1 Å². The van der Waals surface area contributed by atoms with Gasteiger partial charge in [-0.3, -0.25) is 0 Å².